The molecule has 3 rings (SSSR count). The molecule has 2 heterocycles. The van der Waals surface area contributed by atoms with Crippen LogP contribution in [-0.4, -0.2) is 19.4 Å². The second kappa shape index (κ2) is 7.62. The predicted octanol–water partition coefficient (Wildman–Crippen LogP) is 3.34. The zero-order valence-corrected chi connectivity index (χ0v) is 14.2. The van der Waals surface area contributed by atoms with E-state index >= 15 is 0 Å². The number of aromatic nitrogens is 3. The first-order chi connectivity index (χ1) is 11.8. The average molecular weight is 327 g/mol. The fourth-order valence-electron chi connectivity index (χ4n) is 3.19. The number of nitrogens with zero attached hydrogens (tertiary/aromatic N) is 3. The lowest BCUT2D eigenvalue weighted by atomic mass is 10.1. The van der Waals surface area contributed by atoms with Gasteiger partial charge in [-0.05, 0) is 25.0 Å². The summed E-state index contributed by atoms with van der Waals surface area (Å²) < 4.78 is 3.13. The van der Waals surface area contributed by atoms with Gasteiger partial charge in [0.05, 0.1) is 17.8 Å². The third kappa shape index (κ3) is 3.22. The minimum absolute atomic E-state index is 0.0740. The van der Waals surface area contributed by atoms with Crippen LogP contribution in [0.15, 0.2) is 35.1 Å². The van der Waals surface area contributed by atoms with E-state index in [0.717, 1.165) is 23.7 Å². The molecule has 0 aliphatic rings. The molecule has 0 saturated carbocycles. The van der Waals surface area contributed by atoms with Crippen molar-refractivity contribution in [2.45, 2.75) is 58.5 Å². The van der Waals surface area contributed by atoms with Crippen LogP contribution in [0.4, 0.5) is 0 Å². The Morgan fingerprint density at radius 1 is 1.08 bits per heavy atom. The van der Waals surface area contributed by atoms with Crippen molar-refractivity contribution in [3.05, 3.63) is 52.1 Å². The molecule has 0 atom stereocenters. The Hall–Kier alpha value is -2.14. The van der Waals surface area contributed by atoms with Gasteiger partial charge in [-0.1, -0.05) is 57.2 Å². The Labute approximate surface area is 141 Å². The van der Waals surface area contributed by atoms with Crippen LogP contribution in [-0.2, 0) is 13.0 Å². The summed E-state index contributed by atoms with van der Waals surface area (Å²) in [4.78, 5) is 12.8. The monoisotopic (exact) mass is 327 g/mol. The van der Waals surface area contributed by atoms with Gasteiger partial charge in [0.1, 0.15) is 5.69 Å². The molecule has 1 aromatic carbocycles. The number of fused-ring (bicyclic) bond motifs is 3. The van der Waals surface area contributed by atoms with Crippen molar-refractivity contribution in [2.75, 3.05) is 0 Å². The van der Waals surface area contributed by atoms with Gasteiger partial charge in [-0.2, -0.15) is 14.2 Å². The first-order valence-corrected chi connectivity index (χ1v) is 8.88. The molecule has 0 aliphatic carbocycles. The molecule has 0 amide bonds. The van der Waals surface area contributed by atoms with Gasteiger partial charge >= 0.3 is 0 Å². The molecule has 0 saturated heterocycles. The Kier molecular flexibility index (Phi) is 5.30. The summed E-state index contributed by atoms with van der Waals surface area (Å²) in [6.07, 6.45) is 7.81. The number of para-hydroxylation sites is 1. The normalized spacial score (nSPS) is 11.6. The lowest BCUT2D eigenvalue weighted by Crippen LogP contribution is -2.17. The van der Waals surface area contributed by atoms with Crippen molar-refractivity contribution in [3.8, 4) is 0 Å². The van der Waals surface area contributed by atoms with Crippen LogP contribution in [0.3, 0.4) is 0 Å². The van der Waals surface area contributed by atoms with Gasteiger partial charge in [0, 0.05) is 5.39 Å². The SMILES string of the molecule is CCCCCCCCc1nn2c(CO)cc3ccccc3n2c1=O. The predicted molar refractivity (Wildman–Crippen MR) is 95.4 cm³/mol. The minimum atomic E-state index is -0.147. The van der Waals surface area contributed by atoms with Crippen molar-refractivity contribution in [1.29, 1.82) is 0 Å². The summed E-state index contributed by atoms with van der Waals surface area (Å²) >= 11 is 0. The van der Waals surface area contributed by atoms with Crippen LogP contribution in [0.1, 0.15) is 56.8 Å². The number of benzene rings is 1. The number of hydrogen-bond donors (Lipinski definition) is 1. The van der Waals surface area contributed by atoms with Gasteiger partial charge in [-0.15, -0.1) is 0 Å². The molecule has 24 heavy (non-hydrogen) atoms. The molecule has 0 radical (unpaired) electrons. The highest BCUT2D eigenvalue weighted by atomic mass is 16.3. The molecule has 0 unspecified atom stereocenters. The van der Waals surface area contributed by atoms with Crippen LogP contribution in [0.25, 0.3) is 10.9 Å². The van der Waals surface area contributed by atoms with E-state index in [0.29, 0.717) is 17.8 Å². The largest absolute Gasteiger partial charge is 0.390 e. The van der Waals surface area contributed by atoms with Gasteiger partial charge in [0.15, 0.2) is 0 Å². The van der Waals surface area contributed by atoms with Crippen LogP contribution in [0.5, 0.6) is 0 Å². The smallest absolute Gasteiger partial charge is 0.294 e. The number of aryl methyl sites for hydroxylation is 1. The Bertz CT molecular complexity index is 879. The second-order valence-corrected chi connectivity index (χ2v) is 6.32. The molecule has 0 aliphatic heterocycles. The molecular weight excluding hydrogens is 302 g/mol. The lowest BCUT2D eigenvalue weighted by molar-refractivity contribution is 0.270. The molecule has 0 spiro atoms. The van der Waals surface area contributed by atoms with E-state index in [9.17, 15) is 9.90 Å². The average Bonchev–Trinajstić information content (AvgIpc) is 2.94. The maximum absolute atomic E-state index is 12.8. The van der Waals surface area contributed by atoms with E-state index in [4.69, 9.17) is 0 Å². The van der Waals surface area contributed by atoms with E-state index in [-0.39, 0.29) is 12.2 Å². The quantitative estimate of drug-likeness (QED) is 0.646. The van der Waals surface area contributed by atoms with Gasteiger partial charge in [0.2, 0.25) is 0 Å². The molecule has 1 N–H and O–H groups in total. The number of aliphatic hydroxyl groups is 1. The molecule has 0 bridgehead atoms. The van der Waals surface area contributed by atoms with E-state index < -0.39 is 0 Å². The van der Waals surface area contributed by atoms with Crippen LogP contribution < -0.4 is 5.56 Å². The van der Waals surface area contributed by atoms with E-state index in [1.807, 2.05) is 30.3 Å². The summed E-state index contributed by atoms with van der Waals surface area (Å²) in [6, 6.07) is 9.58. The highest BCUT2D eigenvalue weighted by Crippen LogP contribution is 2.15. The first kappa shape index (κ1) is 16.7. The summed E-state index contributed by atoms with van der Waals surface area (Å²) in [7, 11) is 0. The van der Waals surface area contributed by atoms with Crippen LogP contribution in [0.2, 0.25) is 0 Å². The summed E-state index contributed by atoms with van der Waals surface area (Å²) in [6.45, 7) is 2.06. The maximum atomic E-state index is 12.8. The van der Waals surface area contributed by atoms with Crippen molar-refractivity contribution >= 4 is 10.9 Å². The molecule has 5 heteroatoms. The zero-order chi connectivity index (χ0) is 16.9. The first-order valence-electron chi connectivity index (χ1n) is 8.88. The van der Waals surface area contributed by atoms with Crippen molar-refractivity contribution in [1.82, 2.24) is 14.2 Å². The zero-order valence-electron chi connectivity index (χ0n) is 14.2. The third-order valence-corrected chi connectivity index (χ3v) is 4.52. The van der Waals surface area contributed by atoms with Gasteiger partial charge in [-0.25, -0.2) is 0 Å². The summed E-state index contributed by atoms with van der Waals surface area (Å²) in [5, 5.41) is 15.0. The topological polar surface area (TPSA) is 59.0 Å². The third-order valence-electron chi connectivity index (χ3n) is 4.52. The number of unbranched alkanes of at least 4 members (excludes halogenated alkanes) is 5. The maximum Gasteiger partial charge on any atom is 0.294 e. The van der Waals surface area contributed by atoms with Gasteiger partial charge < -0.3 is 5.11 Å². The molecular formula is C19H25N3O2. The second-order valence-electron chi connectivity index (χ2n) is 6.32. The van der Waals surface area contributed by atoms with E-state index in [1.165, 1.54) is 25.7 Å². The lowest BCUT2D eigenvalue weighted by Gasteiger charge is -2.06. The number of rotatable bonds is 8. The Morgan fingerprint density at radius 2 is 1.83 bits per heavy atom. The minimum Gasteiger partial charge on any atom is -0.390 e. The standard InChI is InChI=1S/C19H25N3O2/c1-2-3-4-5-6-7-11-17-19(24)21-18-12-9-8-10-15(18)13-16(14-23)22(21)20-17/h8-10,12-13,23H,2-7,11,14H2,1H3. The number of hydrogen-bond acceptors (Lipinski definition) is 3. The fourth-order valence-corrected chi connectivity index (χ4v) is 3.19. The van der Waals surface area contributed by atoms with Crippen LogP contribution in [0, 0.1) is 0 Å². The highest BCUT2D eigenvalue weighted by molar-refractivity contribution is 5.78. The number of aliphatic hydroxyl groups excluding tert-OH is 1. The van der Waals surface area contributed by atoms with Gasteiger partial charge in [-0.3, -0.25) is 4.79 Å². The summed E-state index contributed by atoms with van der Waals surface area (Å²) in [5.74, 6) is 0. The Balaban J connectivity index is 1.89. The van der Waals surface area contributed by atoms with E-state index in [1.54, 1.807) is 9.15 Å². The van der Waals surface area contributed by atoms with E-state index in [2.05, 4.69) is 12.0 Å². The molecule has 0 fully saturated rings. The molecule has 128 valence electrons. The van der Waals surface area contributed by atoms with Gasteiger partial charge in [0.25, 0.3) is 5.56 Å². The van der Waals surface area contributed by atoms with Crippen molar-refractivity contribution in [3.63, 3.8) is 0 Å². The Morgan fingerprint density at radius 3 is 2.62 bits per heavy atom. The fraction of sp³-hybridized carbons (Fsp3) is 0.474. The molecule has 2 aromatic heterocycles. The van der Waals surface area contributed by atoms with Crippen LogP contribution >= 0.6 is 0 Å². The molecule has 5 nitrogen and oxygen atoms in total. The molecule has 3 aromatic rings. The van der Waals surface area contributed by atoms with Crippen molar-refractivity contribution in [2.24, 2.45) is 0 Å². The summed E-state index contributed by atoms with van der Waals surface area (Å²) in [5.41, 5.74) is 1.96. The highest BCUT2D eigenvalue weighted by Gasteiger charge is 2.14. The van der Waals surface area contributed by atoms with Crippen molar-refractivity contribution < 1.29 is 5.11 Å².